The maximum absolute atomic E-state index is 6.13. The lowest BCUT2D eigenvalue weighted by Gasteiger charge is -2.07. The van der Waals surface area contributed by atoms with Crippen molar-refractivity contribution in [3.05, 3.63) is 45.0 Å². The zero-order valence-corrected chi connectivity index (χ0v) is 13.5. The summed E-state index contributed by atoms with van der Waals surface area (Å²) in [4.78, 5) is 8.65. The molecule has 0 aliphatic rings. The van der Waals surface area contributed by atoms with Crippen LogP contribution in [0.5, 0.6) is 5.75 Å². The van der Waals surface area contributed by atoms with Crippen LogP contribution in [-0.4, -0.2) is 19.7 Å². The maximum Gasteiger partial charge on any atom is 0.170 e. The largest absolute Gasteiger partial charge is 0.484 e. The quantitative estimate of drug-likeness (QED) is 0.500. The number of rotatable bonds is 3. The first kappa shape index (κ1) is 13.6. The number of halogens is 2. The molecule has 3 rings (SSSR count). The van der Waals surface area contributed by atoms with Gasteiger partial charge in [-0.2, -0.15) is 5.10 Å². The average Bonchev–Trinajstić information content (AvgIpc) is 2.80. The van der Waals surface area contributed by atoms with E-state index in [1.807, 2.05) is 31.3 Å². The number of nitrogens with zero attached hydrogens (tertiary/aromatic N) is 4. The molecule has 2 heterocycles. The van der Waals surface area contributed by atoms with Crippen molar-refractivity contribution in [1.29, 1.82) is 0 Å². The minimum Gasteiger partial charge on any atom is -0.484 e. The molecule has 0 aliphatic heterocycles. The van der Waals surface area contributed by atoms with Gasteiger partial charge < -0.3 is 4.74 Å². The summed E-state index contributed by atoms with van der Waals surface area (Å²) < 4.78 is 8.43. The molecular formula is C13H10ClIN4O. The van der Waals surface area contributed by atoms with Gasteiger partial charge in [-0.15, -0.1) is 0 Å². The molecule has 0 saturated heterocycles. The number of aryl methyl sites for hydroxylation is 1. The lowest BCUT2D eigenvalue weighted by molar-refractivity contribution is 0.294. The van der Waals surface area contributed by atoms with Gasteiger partial charge in [0.05, 0.1) is 15.2 Å². The highest BCUT2D eigenvalue weighted by atomic mass is 127. The smallest absolute Gasteiger partial charge is 0.170 e. The molecule has 5 nitrogen and oxygen atoms in total. The summed E-state index contributed by atoms with van der Waals surface area (Å²) in [5.41, 5.74) is 0.700. The van der Waals surface area contributed by atoms with Crippen molar-refractivity contribution < 1.29 is 4.74 Å². The molecule has 1 aromatic carbocycles. The molecule has 2 aromatic heterocycles. The van der Waals surface area contributed by atoms with Gasteiger partial charge in [0.2, 0.25) is 0 Å². The van der Waals surface area contributed by atoms with Gasteiger partial charge in [-0.3, -0.25) is 4.68 Å². The number of para-hydroxylation sites is 1. The molecule has 0 saturated carbocycles. The standard InChI is InChI=1S/C13H10ClIN4O/c1-19-13-8(6-16-19)12(14)17-11(18-13)7-20-10-5-3-2-4-9(10)15/h2-6H,7H2,1H3. The van der Waals surface area contributed by atoms with Gasteiger partial charge in [0.25, 0.3) is 0 Å². The van der Waals surface area contributed by atoms with Crippen LogP contribution in [0.2, 0.25) is 5.15 Å². The molecule has 20 heavy (non-hydrogen) atoms. The average molecular weight is 401 g/mol. The molecule has 0 amide bonds. The summed E-state index contributed by atoms with van der Waals surface area (Å²) in [6.07, 6.45) is 1.66. The fraction of sp³-hybridized carbons (Fsp3) is 0.154. The number of hydrogen-bond acceptors (Lipinski definition) is 4. The van der Waals surface area contributed by atoms with E-state index in [0.717, 1.165) is 14.7 Å². The molecule has 0 unspecified atom stereocenters. The van der Waals surface area contributed by atoms with Crippen LogP contribution in [0.25, 0.3) is 11.0 Å². The van der Waals surface area contributed by atoms with E-state index < -0.39 is 0 Å². The first-order valence-corrected chi connectivity index (χ1v) is 7.32. The van der Waals surface area contributed by atoms with Crippen molar-refractivity contribution in [1.82, 2.24) is 19.7 Å². The van der Waals surface area contributed by atoms with E-state index in [9.17, 15) is 0 Å². The van der Waals surface area contributed by atoms with E-state index in [1.54, 1.807) is 10.9 Å². The van der Waals surface area contributed by atoms with Crippen molar-refractivity contribution in [2.24, 2.45) is 7.05 Å². The van der Waals surface area contributed by atoms with Gasteiger partial charge in [-0.25, -0.2) is 9.97 Å². The summed E-state index contributed by atoms with van der Waals surface area (Å²) >= 11 is 8.35. The maximum atomic E-state index is 6.13. The monoisotopic (exact) mass is 400 g/mol. The second-order valence-corrected chi connectivity index (χ2v) is 5.68. The Morgan fingerprint density at radius 2 is 2.10 bits per heavy atom. The van der Waals surface area contributed by atoms with Crippen LogP contribution in [0.3, 0.4) is 0 Å². The Balaban J connectivity index is 1.88. The molecule has 102 valence electrons. The second-order valence-electron chi connectivity index (χ2n) is 4.16. The predicted molar refractivity (Wildman–Crippen MR) is 84.8 cm³/mol. The van der Waals surface area contributed by atoms with Crippen molar-refractivity contribution in [2.45, 2.75) is 6.61 Å². The Hall–Kier alpha value is -1.41. The lowest BCUT2D eigenvalue weighted by Crippen LogP contribution is -2.04. The third-order valence-corrected chi connectivity index (χ3v) is 3.96. The summed E-state index contributed by atoms with van der Waals surface area (Å²) in [5, 5.41) is 5.25. The van der Waals surface area contributed by atoms with Crippen molar-refractivity contribution in [3.8, 4) is 5.75 Å². The summed E-state index contributed by atoms with van der Waals surface area (Å²) in [6.45, 7) is 0.265. The summed E-state index contributed by atoms with van der Waals surface area (Å²) in [5.74, 6) is 1.34. The van der Waals surface area contributed by atoms with Crippen molar-refractivity contribution in [3.63, 3.8) is 0 Å². The molecule has 0 radical (unpaired) electrons. The first-order chi connectivity index (χ1) is 9.65. The SMILES string of the molecule is Cn1ncc2c(Cl)nc(COc3ccccc3I)nc21. The van der Waals surface area contributed by atoms with Gasteiger partial charge in [0.15, 0.2) is 11.5 Å². The van der Waals surface area contributed by atoms with Gasteiger partial charge in [-0.1, -0.05) is 23.7 Å². The molecule has 0 fully saturated rings. The van der Waals surface area contributed by atoms with Crippen molar-refractivity contribution in [2.75, 3.05) is 0 Å². The van der Waals surface area contributed by atoms with Crippen LogP contribution in [0.4, 0.5) is 0 Å². The second kappa shape index (κ2) is 5.53. The molecular weight excluding hydrogens is 391 g/mol. The molecule has 7 heteroatoms. The van der Waals surface area contributed by atoms with E-state index in [1.165, 1.54) is 0 Å². The fourth-order valence-corrected chi connectivity index (χ4v) is 2.57. The van der Waals surface area contributed by atoms with Crippen LogP contribution in [0.1, 0.15) is 5.82 Å². The van der Waals surface area contributed by atoms with Gasteiger partial charge in [-0.05, 0) is 34.7 Å². The normalized spacial score (nSPS) is 10.9. The highest BCUT2D eigenvalue weighted by Gasteiger charge is 2.10. The molecule has 0 N–H and O–H groups in total. The van der Waals surface area contributed by atoms with E-state index in [2.05, 4.69) is 37.7 Å². The Labute approximate surface area is 134 Å². The van der Waals surface area contributed by atoms with Gasteiger partial charge in [0.1, 0.15) is 17.5 Å². The highest BCUT2D eigenvalue weighted by molar-refractivity contribution is 14.1. The van der Waals surface area contributed by atoms with Crippen LogP contribution in [-0.2, 0) is 13.7 Å². The van der Waals surface area contributed by atoms with Crippen molar-refractivity contribution >= 4 is 45.2 Å². The number of ether oxygens (including phenoxy) is 1. The zero-order valence-electron chi connectivity index (χ0n) is 10.5. The number of aromatic nitrogens is 4. The number of fused-ring (bicyclic) bond motifs is 1. The van der Waals surface area contributed by atoms with E-state index in [4.69, 9.17) is 16.3 Å². The van der Waals surface area contributed by atoms with E-state index >= 15 is 0 Å². The van der Waals surface area contributed by atoms with Crippen LogP contribution in [0.15, 0.2) is 30.5 Å². The first-order valence-electron chi connectivity index (χ1n) is 5.86. The molecule has 0 atom stereocenters. The van der Waals surface area contributed by atoms with E-state index in [-0.39, 0.29) is 6.61 Å². The fourth-order valence-electron chi connectivity index (χ4n) is 1.80. The zero-order chi connectivity index (χ0) is 14.1. The summed E-state index contributed by atoms with van der Waals surface area (Å²) in [6, 6.07) is 7.78. The van der Waals surface area contributed by atoms with E-state index in [0.29, 0.717) is 16.6 Å². The van der Waals surface area contributed by atoms with Crippen LogP contribution >= 0.6 is 34.2 Å². The Bertz CT molecular complexity index is 774. The van der Waals surface area contributed by atoms with Gasteiger partial charge in [0, 0.05) is 7.05 Å². The van der Waals surface area contributed by atoms with Gasteiger partial charge >= 0.3 is 0 Å². The predicted octanol–water partition coefficient (Wildman–Crippen LogP) is 3.20. The summed E-state index contributed by atoms with van der Waals surface area (Å²) in [7, 11) is 1.82. The molecule has 3 aromatic rings. The van der Waals surface area contributed by atoms with Crippen LogP contribution < -0.4 is 4.74 Å². The lowest BCUT2D eigenvalue weighted by atomic mass is 10.3. The third-order valence-electron chi connectivity index (χ3n) is 2.79. The Morgan fingerprint density at radius 1 is 1.30 bits per heavy atom. The highest BCUT2D eigenvalue weighted by Crippen LogP contribution is 2.22. The number of hydrogen-bond donors (Lipinski definition) is 0. The molecule has 0 bridgehead atoms. The minimum atomic E-state index is 0.265. The Kier molecular flexibility index (Phi) is 3.75. The Morgan fingerprint density at radius 3 is 2.90 bits per heavy atom. The number of benzene rings is 1. The topological polar surface area (TPSA) is 52.8 Å². The molecule has 0 aliphatic carbocycles. The minimum absolute atomic E-state index is 0.265. The molecule has 0 spiro atoms. The third kappa shape index (κ3) is 2.57. The van der Waals surface area contributed by atoms with Crippen LogP contribution in [0, 0.1) is 3.57 Å².